The third-order valence-electron chi connectivity index (χ3n) is 2.08. The summed E-state index contributed by atoms with van der Waals surface area (Å²) in [5.74, 6) is 0.948. The number of rotatable bonds is 6. The van der Waals surface area contributed by atoms with Crippen LogP contribution in [-0.2, 0) is 7.05 Å². The summed E-state index contributed by atoms with van der Waals surface area (Å²) in [6.45, 7) is 9.59. The first kappa shape index (κ1) is 12.3. The van der Waals surface area contributed by atoms with Crippen LogP contribution in [0.5, 0.6) is 0 Å². The Morgan fingerprint density at radius 1 is 1.60 bits per heavy atom. The van der Waals surface area contributed by atoms with Gasteiger partial charge in [0.2, 0.25) is 0 Å². The van der Waals surface area contributed by atoms with E-state index in [9.17, 15) is 0 Å². The maximum absolute atomic E-state index is 4.11. The van der Waals surface area contributed by atoms with Gasteiger partial charge in [0.1, 0.15) is 5.82 Å². The standard InChI is InChI=1S/C10H18N4S/c1-5-6-11-7-8(2)15-10-13-12-9(3)14(10)4/h5,8,11H,1,6-7H2,2-4H3. The van der Waals surface area contributed by atoms with Crippen LogP contribution in [0.4, 0.5) is 0 Å². The van der Waals surface area contributed by atoms with Crippen LogP contribution >= 0.6 is 11.8 Å². The molecule has 0 bridgehead atoms. The summed E-state index contributed by atoms with van der Waals surface area (Å²) in [6, 6.07) is 0. The van der Waals surface area contributed by atoms with Crippen LogP contribution in [0.1, 0.15) is 12.7 Å². The normalized spacial score (nSPS) is 12.7. The first-order valence-corrected chi connectivity index (χ1v) is 5.87. The van der Waals surface area contributed by atoms with Crippen LogP contribution in [0.3, 0.4) is 0 Å². The van der Waals surface area contributed by atoms with Crippen LogP contribution in [-0.4, -0.2) is 33.1 Å². The molecule has 4 nitrogen and oxygen atoms in total. The smallest absolute Gasteiger partial charge is 0.191 e. The van der Waals surface area contributed by atoms with Gasteiger partial charge in [-0.2, -0.15) is 0 Å². The van der Waals surface area contributed by atoms with E-state index in [0.717, 1.165) is 24.1 Å². The van der Waals surface area contributed by atoms with Gasteiger partial charge >= 0.3 is 0 Å². The van der Waals surface area contributed by atoms with Crippen molar-refractivity contribution < 1.29 is 0 Å². The largest absolute Gasteiger partial charge is 0.312 e. The summed E-state index contributed by atoms with van der Waals surface area (Å²) in [6.07, 6.45) is 1.86. The topological polar surface area (TPSA) is 42.7 Å². The minimum atomic E-state index is 0.479. The summed E-state index contributed by atoms with van der Waals surface area (Å²) in [4.78, 5) is 0. The van der Waals surface area contributed by atoms with Crippen molar-refractivity contribution >= 4 is 11.8 Å². The molecule has 0 aliphatic rings. The van der Waals surface area contributed by atoms with Gasteiger partial charge in [0.05, 0.1) is 0 Å². The van der Waals surface area contributed by atoms with Crippen molar-refractivity contribution in [1.82, 2.24) is 20.1 Å². The molecule has 5 heteroatoms. The van der Waals surface area contributed by atoms with E-state index in [1.54, 1.807) is 11.8 Å². The highest BCUT2D eigenvalue weighted by molar-refractivity contribution is 7.99. The quantitative estimate of drug-likeness (QED) is 0.452. The highest BCUT2D eigenvalue weighted by Crippen LogP contribution is 2.20. The molecule has 84 valence electrons. The van der Waals surface area contributed by atoms with Crippen LogP contribution in [0.15, 0.2) is 17.8 Å². The summed E-state index contributed by atoms with van der Waals surface area (Å²) >= 11 is 1.73. The number of nitrogens with zero attached hydrogens (tertiary/aromatic N) is 3. The first-order valence-electron chi connectivity index (χ1n) is 4.99. The van der Waals surface area contributed by atoms with Gasteiger partial charge in [0.15, 0.2) is 5.16 Å². The van der Waals surface area contributed by atoms with Crippen molar-refractivity contribution in [1.29, 1.82) is 0 Å². The van der Waals surface area contributed by atoms with E-state index in [4.69, 9.17) is 0 Å². The second-order valence-corrected chi connectivity index (χ2v) is 4.87. The van der Waals surface area contributed by atoms with Crippen LogP contribution in [0, 0.1) is 6.92 Å². The van der Waals surface area contributed by atoms with Crippen LogP contribution in [0.25, 0.3) is 0 Å². The van der Waals surface area contributed by atoms with Crippen molar-refractivity contribution in [2.45, 2.75) is 24.3 Å². The van der Waals surface area contributed by atoms with E-state index in [0.29, 0.717) is 5.25 Å². The zero-order valence-corrected chi connectivity index (χ0v) is 10.3. The lowest BCUT2D eigenvalue weighted by Crippen LogP contribution is -2.22. The molecule has 0 aliphatic carbocycles. The van der Waals surface area contributed by atoms with E-state index in [2.05, 4.69) is 29.0 Å². The van der Waals surface area contributed by atoms with Crippen LogP contribution < -0.4 is 5.32 Å². The zero-order chi connectivity index (χ0) is 11.3. The molecule has 1 rings (SSSR count). The molecule has 0 saturated carbocycles. The fraction of sp³-hybridized carbons (Fsp3) is 0.600. The molecule has 0 radical (unpaired) electrons. The molecule has 0 fully saturated rings. The monoisotopic (exact) mass is 226 g/mol. The Bertz CT molecular complexity index is 321. The van der Waals surface area contributed by atoms with Crippen molar-refractivity contribution in [3.63, 3.8) is 0 Å². The highest BCUT2D eigenvalue weighted by atomic mass is 32.2. The molecule has 0 aliphatic heterocycles. The number of aryl methyl sites for hydroxylation is 1. The lowest BCUT2D eigenvalue weighted by atomic mass is 10.4. The predicted octanol–water partition coefficient (Wildman–Crippen LogP) is 1.38. The van der Waals surface area contributed by atoms with Crippen LogP contribution in [0.2, 0.25) is 0 Å². The molecule has 1 heterocycles. The van der Waals surface area contributed by atoms with Gasteiger partial charge < -0.3 is 9.88 Å². The number of hydrogen-bond donors (Lipinski definition) is 1. The second kappa shape index (κ2) is 5.92. The Kier molecular flexibility index (Phi) is 4.84. The molecule has 0 spiro atoms. The third kappa shape index (κ3) is 3.68. The lowest BCUT2D eigenvalue weighted by Gasteiger charge is -2.10. The SMILES string of the molecule is C=CCNCC(C)Sc1nnc(C)n1C. The third-order valence-corrected chi connectivity index (χ3v) is 3.22. The molecular formula is C10H18N4S. The van der Waals surface area contributed by atoms with Gasteiger partial charge in [0.25, 0.3) is 0 Å². The minimum Gasteiger partial charge on any atom is -0.312 e. The maximum atomic E-state index is 4.11. The predicted molar refractivity (Wildman–Crippen MR) is 64.1 cm³/mol. The van der Waals surface area contributed by atoms with E-state index in [-0.39, 0.29) is 0 Å². The van der Waals surface area contributed by atoms with E-state index in [1.165, 1.54) is 0 Å². The van der Waals surface area contributed by atoms with Gasteiger partial charge in [-0.1, -0.05) is 24.8 Å². The van der Waals surface area contributed by atoms with E-state index >= 15 is 0 Å². The second-order valence-electron chi connectivity index (χ2n) is 3.46. The minimum absolute atomic E-state index is 0.479. The Morgan fingerprint density at radius 3 is 2.87 bits per heavy atom. The number of thioether (sulfide) groups is 1. The molecule has 1 atom stereocenters. The number of aromatic nitrogens is 3. The fourth-order valence-electron chi connectivity index (χ4n) is 1.10. The average molecular weight is 226 g/mol. The lowest BCUT2D eigenvalue weighted by molar-refractivity contribution is 0.726. The first-order chi connectivity index (χ1) is 7.15. The zero-order valence-electron chi connectivity index (χ0n) is 9.53. The molecule has 0 aromatic carbocycles. The summed E-state index contributed by atoms with van der Waals surface area (Å²) < 4.78 is 2.01. The van der Waals surface area contributed by atoms with Crippen molar-refractivity contribution in [2.24, 2.45) is 7.05 Å². The van der Waals surface area contributed by atoms with Gasteiger partial charge in [-0.25, -0.2) is 0 Å². The Balaban J connectivity index is 2.40. The molecule has 0 saturated heterocycles. The molecule has 15 heavy (non-hydrogen) atoms. The summed E-state index contributed by atoms with van der Waals surface area (Å²) in [7, 11) is 1.99. The summed E-state index contributed by atoms with van der Waals surface area (Å²) in [5, 5.41) is 12.9. The Labute approximate surface area is 95.2 Å². The molecule has 1 aromatic heterocycles. The van der Waals surface area contributed by atoms with Crippen molar-refractivity contribution in [3.8, 4) is 0 Å². The maximum Gasteiger partial charge on any atom is 0.191 e. The van der Waals surface area contributed by atoms with Gasteiger partial charge in [0, 0.05) is 25.4 Å². The number of hydrogen-bond acceptors (Lipinski definition) is 4. The van der Waals surface area contributed by atoms with Gasteiger partial charge in [-0.05, 0) is 6.92 Å². The van der Waals surface area contributed by atoms with Crippen molar-refractivity contribution in [2.75, 3.05) is 13.1 Å². The van der Waals surface area contributed by atoms with Crippen molar-refractivity contribution in [3.05, 3.63) is 18.5 Å². The molecule has 1 N–H and O–H groups in total. The Hall–Kier alpha value is -0.810. The Morgan fingerprint density at radius 2 is 2.33 bits per heavy atom. The van der Waals surface area contributed by atoms with Gasteiger partial charge in [-0.3, -0.25) is 0 Å². The molecule has 0 amide bonds. The van der Waals surface area contributed by atoms with Gasteiger partial charge in [-0.15, -0.1) is 16.8 Å². The molecule has 1 aromatic rings. The number of nitrogens with one attached hydrogen (secondary N) is 1. The van der Waals surface area contributed by atoms with E-state index < -0.39 is 0 Å². The summed E-state index contributed by atoms with van der Waals surface area (Å²) in [5.41, 5.74) is 0. The highest BCUT2D eigenvalue weighted by Gasteiger charge is 2.10. The molecule has 1 unspecified atom stereocenters. The fourth-order valence-corrected chi connectivity index (χ4v) is 2.04. The average Bonchev–Trinajstić information content (AvgIpc) is 2.50. The molecular weight excluding hydrogens is 208 g/mol. The van der Waals surface area contributed by atoms with E-state index in [1.807, 2.05) is 24.6 Å².